The van der Waals surface area contributed by atoms with Gasteiger partial charge in [-0.2, -0.15) is 13.2 Å². The van der Waals surface area contributed by atoms with E-state index in [9.17, 15) is 37.2 Å². The molecule has 1 heterocycles. The molecule has 0 aliphatic rings. The van der Waals surface area contributed by atoms with E-state index in [1.165, 1.54) is 18.2 Å². The number of aliphatic hydroxyl groups is 1. The summed E-state index contributed by atoms with van der Waals surface area (Å²) in [5.74, 6) is -3.11. The molecule has 3 atom stereocenters. The lowest BCUT2D eigenvalue weighted by Crippen LogP contribution is -2.45. The normalized spacial score (nSPS) is 16.8. The second kappa shape index (κ2) is 10.2. The summed E-state index contributed by atoms with van der Waals surface area (Å²) in [7, 11) is -3.82. The SMILES string of the molecule is CC(C)(C)OC(=O)N[C@@H](CCS(=N)(=O)CCC(O)(c1noc2cc(Cl)ccc12)C(F)(F)F)C(=O)O. The van der Waals surface area contributed by atoms with Gasteiger partial charge in [0.05, 0.1) is 0 Å². The van der Waals surface area contributed by atoms with Crippen LogP contribution < -0.4 is 5.32 Å². The number of carboxylic acids is 1. The molecule has 35 heavy (non-hydrogen) atoms. The number of ether oxygens (including phenoxy) is 1. The van der Waals surface area contributed by atoms with Crippen molar-refractivity contribution >= 4 is 44.4 Å². The van der Waals surface area contributed by atoms with Crippen LogP contribution in [0.15, 0.2) is 22.7 Å². The number of halogens is 4. The predicted molar refractivity (Wildman–Crippen MR) is 120 cm³/mol. The lowest BCUT2D eigenvalue weighted by atomic mass is 9.93. The van der Waals surface area contributed by atoms with E-state index in [0.717, 1.165) is 0 Å². The number of alkyl carbamates (subject to hydrolysis) is 1. The van der Waals surface area contributed by atoms with Gasteiger partial charge in [0, 0.05) is 44.1 Å². The van der Waals surface area contributed by atoms with Gasteiger partial charge < -0.3 is 24.8 Å². The molecule has 1 aromatic carbocycles. The van der Waals surface area contributed by atoms with E-state index in [0.29, 0.717) is 0 Å². The quantitative estimate of drug-likeness (QED) is 0.368. The van der Waals surface area contributed by atoms with Crippen molar-refractivity contribution in [2.24, 2.45) is 0 Å². The number of nitrogens with zero attached hydrogens (tertiary/aromatic N) is 1. The van der Waals surface area contributed by atoms with Crippen molar-refractivity contribution in [3.63, 3.8) is 0 Å². The summed E-state index contributed by atoms with van der Waals surface area (Å²) in [5.41, 5.74) is -5.51. The van der Waals surface area contributed by atoms with Crippen LogP contribution in [0.25, 0.3) is 11.0 Å². The van der Waals surface area contributed by atoms with Crippen LogP contribution in [-0.4, -0.2) is 61.0 Å². The average Bonchev–Trinajstić information content (AvgIpc) is 3.10. The minimum atomic E-state index is -5.27. The highest BCUT2D eigenvalue weighted by molar-refractivity contribution is 7.92. The molecule has 0 fully saturated rings. The van der Waals surface area contributed by atoms with Crippen LogP contribution in [0.4, 0.5) is 18.0 Å². The molecular formula is C20H25ClF3N3O7S. The molecule has 196 valence electrons. The third kappa shape index (κ3) is 7.45. The first-order chi connectivity index (χ1) is 15.8. The second-order valence-corrected chi connectivity index (χ2v) is 11.7. The predicted octanol–water partition coefficient (Wildman–Crippen LogP) is 4.04. The summed E-state index contributed by atoms with van der Waals surface area (Å²) in [4.78, 5) is 23.3. The molecule has 1 aromatic heterocycles. The number of carbonyl (C=O) groups is 2. The molecule has 0 bridgehead atoms. The Bertz CT molecular complexity index is 1190. The molecule has 0 saturated carbocycles. The Morgan fingerprint density at radius 3 is 2.46 bits per heavy atom. The van der Waals surface area contributed by atoms with Crippen LogP contribution in [-0.2, 0) is 24.9 Å². The van der Waals surface area contributed by atoms with Gasteiger partial charge in [0.15, 0.2) is 5.58 Å². The van der Waals surface area contributed by atoms with Gasteiger partial charge in [0.1, 0.15) is 17.3 Å². The Labute approximate surface area is 203 Å². The minimum Gasteiger partial charge on any atom is -0.480 e. The molecule has 10 nitrogen and oxygen atoms in total. The molecule has 0 aliphatic heterocycles. The number of carboxylic acid groups (broad SMARTS) is 1. The zero-order valence-corrected chi connectivity index (χ0v) is 20.5. The summed E-state index contributed by atoms with van der Waals surface area (Å²) in [5, 5.41) is 25.3. The number of hydrogen-bond acceptors (Lipinski definition) is 8. The molecule has 0 aliphatic carbocycles. The third-order valence-electron chi connectivity index (χ3n) is 4.81. The number of aliphatic carboxylic acids is 1. The molecule has 2 unspecified atom stereocenters. The maximum Gasteiger partial charge on any atom is 0.423 e. The van der Waals surface area contributed by atoms with Gasteiger partial charge in [-0.15, -0.1) is 0 Å². The maximum absolute atomic E-state index is 13.9. The molecule has 15 heteroatoms. The van der Waals surface area contributed by atoms with Crippen molar-refractivity contribution in [1.82, 2.24) is 10.5 Å². The number of aromatic nitrogens is 1. The summed E-state index contributed by atoms with van der Waals surface area (Å²) in [6, 6.07) is 2.07. The number of hydrogen-bond donors (Lipinski definition) is 4. The van der Waals surface area contributed by atoms with Crippen LogP contribution in [0.2, 0.25) is 5.02 Å². The van der Waals surface area contributed by atoms with Gasteiger partial charge in [-0.05, 0) is 39.3 Å². The largest absolute Gasteiger partial charge is 0.480 e. The highest BCUT2D eigenvalue weighted by Crippen LogP contribution is 2.44. The van der Waals surface area contributed by atoms with Crippen LogP contribution in [0.5, 0.6) is 0 Å². The third-order valence-corrected chi connectivity index (χ3v) is 6.81. The van der Waals surface area contributed by atoms with Crippen LogP contribution in [0, 0.1) is 4.78 Å². The molecular weight excluding hydrogens is 519 g/mol. The lowest BCUT2D eigenvalue weighted by molar-refractivity contribution is -0.268. The fourth-order valence-electron chi connectivity index (χ4n) is 3.03. The lowest BCUT2D eigenvalue weighted by Gasteiger charge is -2.29. The Balaban J connectivity index is 2.17. The fraction of sp³-hybridized carbons (Fsp3) is 0.550. The topological polar surface area (TPSA) is 163 Å². The molecule has 0 spiro atoms. The van der Waals surface area contributed by atoms with E-state index in [2.05, 4.69) is 10.5 Å². The van der Waals surface area contributed by atoms with Crippen molar-refractivity contribution in [1.29, 1.82) is 4.78 Å². The first-order valence-corrected chi connectivity index (χ1v) is 12.4. The Hall–Kier alpha value is -2.58. The van der Waals surface area contributed by atoms with Crippen molar-refractivity contribution in [3.05, 3.63) is 28.9 Å². The Kier molecular flexibility index (Phi) is 8.34. The van der Waals surface area contributed by atoms with Gasteiger partial charge in [-0.25, -0.2) is 13.8 Å². The summed E-state index contributed by atoms with van der Waals surface area (Å²) >= 11 is 5.79. The molecule has 1 amide bonds. The molecule has 0 saturated heterocycles. The first kappa shape index (κ1) is 28.7. The van der Waals surface area contributed by atoms with Crippen LogP contribution in [0.1, 0.15) is 39.3 Å². The molecule has 2 aromatic rings. The van der Waals surface area contributed by atoms with Gasteiger partial charge >= 0.3 is 18.2 Å². The fourth-order valence-corrected chi connectivity index (χ4v) is 4.64. The van der Waals surface area contributed by atoms with Gasteiger partial charge in [0.2, 0.25) is 5.60 Å². The zero-order valence-electron chi connectivity index (χ0n) is 18.9. The van der Waals surface area contributed by atoms with Gasteiger partial charge in [0.25, 0.3) is 0 Å². The summed E-state index contributed by atoms with van der Waals surface area (Å²) < 4.78 is 72.1. The van der Waals surface area contributed by atoms with E-state index >= 15 is 0 Å². The average molecular weight is 544 g/mol. The van der Waals surface area contributed by atoms with Crippen molar-refractivity contribution in [3.8, 4) is 0 Å². The number of benzene rings is 1. The van der Waals surface area contributed by atoms with Crippen LogP contribution >= 0.6 is 11.6 Å². The Morgan fingerprint density at radius 1 is 1.29 bits per heavy atom. The Morgan fingerprint density at radius 2 is 1.91 bits per heavy atom. The number of alkyl halides is 3. The van der Waals surface area contributed by atoms with E-state index in [1.807, 2.05) is 0 Å². The first-order valence-electron chi connectivity index (χ1n) is 10.2. The number of nitrogens with one attached hydrogen (secondary N) is 2. The molecule has 4 N–H and O–H groups in total. The standard InChI is InChI=1S/C20H25ClF3N3O7S/c1-18(2,3)33-17(30)26-13(16(28)29)6-8-35(25,32)9-7-19(31,20(22,23)24)15-12-5-4-11(21)10-14(12)34-27-15/h4-5,10,13,25,31H,6-9H2,1-3H3,(H,26,30)(H,28,29)/t13-,19?,35?/m0/s1. The number of carbonyl (C=O) groups excluding carboxylic acids is 1. The monoisotopic (exact) mass is 543 g/mol. The summed E-state index contributed by atoms with van der Waals surface area (Å²) in [6.07, 6.45) is -8.06. The molecule has 0 radical (unpaired) electrons. The smallest absolute Gasteiger partial charge is 0.423 e. The van der Waals surface area contributed by atoms with E-state index in [-0.39, 0.29) is 16.0 Å². The maximum atomic E-state index is 13.9. The van der Waals surface area contributed by atoms with Crippen molar-refractivity contribution in [2.75, 3.05) is 11.5 Å². The highest BCUT2D eigenvalue weighted by Gasteiger charge is 2.57. The van der Waals surface area contributed by atoms with Crippen LogP contribution in [0.3, 0.4) is 0 Å². The number of amides is 1. The van der Waals surface area contributed by atoms with Gasteiger partial charge in [-0.3, -0.25) is 4.78 Å². The number of rotatable bonds is 9. The minimum absolute atomic E-state index is 0.112. The second-order valence-electron chi connectivity index (χ2n) is 8.83. The van der Waals surface area contributed by atoms with E-state index in [4.69, 9.17) is 25.6 Å². The number of fused-ring (bicyclic) bond motifs is 1. The molecule has 2 rings (SSSR count). The zero-order chi connectivity index (χ0) is 26.8. The summed E-state index contributed by atoms with van der Waals surface area (Å²) in [6.45, 7) is 4.65. The van der Waals surface area contributed by atoms with E-state index in [1.54, 1.807) is 20.8 Å². The van der Waals surface area contributed by atoms with Crippen molar-refractivity contribution in [2.45, 2.75) is 57.0 Å². The van der Waals surface area contributed by atoms with Gasteiger partial charge in [-0.1, -0.05) is 16.8 Å². The highest BCUT2D eigenvalue weighted by atomic mass is 35.5. The van der Waals surface area contributed by atoms with E-state index < -0.39 is 75.3 Å². The van der Waals surface area contributed by atoms with Crippen molar-refractivity contribution < 1.29 is 46.4 Å².